The van der Waals surface area contributed by atoms with Crippen molar-refractivity contribution in [2.45, 2.75) is 38.1 Å². The molecule has 1 aromatic heterocycles. The summed E-state index contributed by atoms with van der Waals surface area (Å²) >= 11 is 1.42. The molecule has 1 fully saturated rings. The van der Waals surface area contributed by atoms with Crippen molar-refractivity contribution in [2.75, 3.05) is 18.4 Å². The Morgan fingerprint density at radius 1 is 1.00 bits per heavy atom. The van der Waals surface area contributed by atoms with Gasteiger partial charge >= 0.3 is 12.1 Å². The average Bonchev–Trinajstić information content (AvgIpc) is 3.15. The normalized spacial score (nSPS) is 14.4. The SMILES string of the molecule is O=C(NCCNC(=O)NC1CCCCC1)Nc1ncc(-c2ccccc2)s1. The lowest BCUT2D eigenvalue weighted by molar-refractivity contribution is 0.232. The summed E-state index contributed by atoms with van der Waals surface area (Å²) in [5.74, 6) is 0. The molecule has 8 heteroatoms. The molecule has 2 aromatic rings. The van der Waals surface area contributed by atoms with E-state index in [9.17, 15) is 9.59 Å². The van der Waals surface area contributed by atoms with Crippen LogP contribution in [0.2, 0.25) is 0 Å². The number of carbonyl (C=O) groups excluding carboxylic acids is 2. The maximum Gasteiger partial charge on any atom is 0.321 e. The Labute approximate surface area is 163 Å². The van der Waals surface area contributed by atoms with E-state index in [0.29, 0.717) is 18.2 Å². The summed E-state index contributed by atoms with van der Waals surface area (Å²) in [4.78, 5) is 29.0. The minimum absolute atomic E-state index is 0.170. The van der Waals surface area contributed by atoms with Gasteiger partial charge in [0, 0.05) is 25.3 Å². The maximum atomic E-state index is 11.9. The van der Waals surface area contributed by atoms with Crippen molar-refractivity contribution in [2.24, 2.45) is 0 Å². The first kappa shape index (κ1) is 19.2. The number of amides is 4. The van der Waals surface area contributed by atoms with Crippen molar-refractivity contribution < 1.29 is 9.59 Å². The number of hydrogen-bond donors (Lipinski definition) is 4. The third-order valence-electron chi connectivity index (χ3n) is 4.42. The zero-order chi connectivity index (χ0) is 18.9. The van der Waals surface area contributed by atoms with Crippen LogP contribution in [0.15, 0.2) is 36.5 Å². The molecular formula is C19H25N5O2S. The molecule has 0 unspecified atom stereocenters. The lowest BCUT2D eigenvalue weighted by atomic mass is 9.96. The molecular weight excluding hydrogens is 362 g/mol. The molecule has 1 aromatic carbocycles. The Hall–Kier alpha value is -2.61. The Morgan fingerprint density at radius 2 is 1.70 bits per heavy atom. The van der Waals surface area contributed by atoms with Gasteiger partial charge in [-0.3, -0.25) is 5.32 Å². The Morgan fingerprint density at radius 3 is 2.44 bits per heavy atom. The van der Waals surface area contributed by atoms with Gasteiger partial charge in [0.2, 0.25) is 0 Å². The van der Waals surface area contributed by atoms with E-state index in [2.05, 4.69) is 26.3 Å². The molecule has 4 amide bonds. The van der Waals surface area contributed by atoms with Crippen LogP contribution in [-0.4, -0.2) is 36.2 Å². The summed E-state index contributed by atoms with van der Waals surface area (Å²) in [6, 6.07) is 9.66. The largest absolute Gasteiger partial charge is 0.336 e. The highest BCUT2D eigenvalue weighted by molar-refractivity contribution is 7.19. The number of urea groups is 2. The summed E-state index contributed by atoms with van der Waals surface area (Å²) in [6.45, 7) is 0.722. The molecule has 4 N–H and O–H groups in total. The third kappa shape index (κ3) is 6.25. The monoisotopic (exact) mass is 387 g/mol. The molecule has 1 heterocycles. The molecule has 0 bridgehead atoms. The molecule has 27 heavy (non-hydrogen) atoms. The summed E-state index contributed by atoms with van der Waals surface area (Å²) in [6.07, 6.45) is 7.45. The Bertz CT molecular complexity index is 744. The minimum atomic E-state index is -0.335. The molecule has 1 aliphatic carbocycles. The topological polar surface area (TPSA) is 95.2 Å². The van der Waals surface area contributed by atoms with Gasteiger partial charge in [0.1, 0.15) is 0 Å². The molecule has 7 nitrogen and oxygen atoms in total. The van der Waals surface area contributed by atoms with E-state index in [1.165, 1.54) is 30.6 Å². The van der Waals surface area contributed by atoms with E-state index in [0.717, 1.165) is 23.3 Å². The van der Waals surface area contributed by atoms with Gasteiger partial charge in [-0.2, -0.15) is 0 Å². The molecule has 1 saturated carbocycles. The Balaban J connectivity index is 1.33. The number of carbonyl (C=O) groups is 2. The number of rotatable bonds is 6. The minimum Gasteiger partial charge on any atom is -0.336 e. The quantitative estimate of drug-likeness (QED) is 0.571. The van der Waals surface area contributed by atoms with Gasteiger partial charge in [0.05, 0.1) is 4.88 Å². The van der Waals surface area contributed by atoms with Gasteiger partial charge in [0.25, 0.3) is 0 Å². The van der Waals surface area contributed by atoms with E-state index in [4.69, 9.17) is 0 Å². The lowest BCUT2D eigenvalue weighted by Gasteiger charge is -2.22. The molecule has 0 aliphatic heterocycles. The van der Waals surface area contributed by atoms with E-state index >= 15 is 0 Å². The second-order valence-corrected chi connectivity index (χ2v) is 7.54. The fourth-order valence-corrected chi connectivity index (χ4v) is 3.86. The van der Waals surface area contributed by atoms with Crippen LogP contribution in [0, 0.1) is 0 Å². The van der Waals surface area contributed by atoms with Crippen LogP contribution in [0.4, 0.5) is 14.7 Å². The van der Waals surface area contributed by atoms with Crippen LogP contribution in [0.25, 0.3) is 10.4 Å². The molecule has 144 valence electrons. The van der Waals surface area contributed by atoms with Crippen LogP contribution < -0.4 is 21.3 Å². The van der Waals surface area contributed by atoms with Crippen molar-refractivity contribution in [3.8, 4) is 10.4 Å². The highest BCUT2D eigenvalue weighted by atomic mass is 32.1. The van der Waals surface area contributed by atoms with Gasteiger partial charge in [-0.25, -0.2) is 14.6 Å². The average molecular weight is 388 g/mol. The fourth-order valence-electron chi connectivity index (χ4n) is 3.04. The van der Waals surface area contributed by atoms with Gasteiger partial charge in [0.15, 0.2) is 5.13 Å². The summed E-state index contributed by atoms with van der Waals surface area (Å²) in [7, 11) is 0. The summed E-state index contributed by atoms with van der Waals surface area (Å²) in [5.41, 5.74) is 1.07. The molecule has 0 radical (unpaired) electrons. The molecule has 3 rings (SSSR count). The second-order valence-electron chi connectivity index (χ2n) is 6.51. The number of nitrogens with one attached hydrogen (secondary N) is 4. The molecule has 0 atom stereocenters. The zero-order valence-corrected chi connectivity index (χ0v) is 16.0. The van der Waals surface area contributed by atoms with Crippen LogP contribution >= 0.6 is 11.3 Å². The van der Waals surface area contributed by atoms with E-state index in [1.807, 2.05) is 30.3 Å². The third-order valence-corrected chi connectivity index (χ3v) is 5.38. The number of thiazole rings is 1. The van der Waals surface area contributed by atoms with Crippen molar-refractivity contribution in [1.82, 2.24) is 20.9 Å². The van der Waals surface area contributed by atoms with E-state index in [1.54, 1.807) is 6.20 Å². The van der Waals surface area contributed by atoms with Crippen LogP contribution in [0.1, 0.15) is 32.1 Å². The summed E-state index contributed by atoms with van der Waals surface area (Å²) < 4.78 is 0. The molecule has 1 aliphatic rings. The van der Waals surface area contributed by atoms with Gasteiger partial charge in [-0.15, -0.1) is 0 Å². The van der Waals surface area contributed by atoms with Crippen LogP contribution in [0.5, 0.6) is 0 Å². The van der Waals surface area contributed by atoms with Crippen molar-refractivity contribution >= 4 is 28.5 Å². The predicted molar refractivity (Wildman–Crippen MR) is 108 cm³/mol. The van der Waals surface area contributed by atoms with Gasteiger partial charge in [-0.1, -0.05) is 60.9 Å². The first-order valence-electron chi connectivity index (χ1n) is 9.31. The standard InChI is InChI=1S/C19H25N5O2S/c25-17(23-15-9-5-2-6-10-15)20-11-12-21-18(26)24-19-22-13-16(27-19)14-7-3-1-4-8-14/h1,3-4,7-8,13,15H,2,5-6,9-12H2,(H2,20,23,25)(H2,21,22,24,26). The van der Waals surface area contributed by atoms with Crippen molar-refractivity contribution in [3.05, 3.63) is 36.5 Å². The Kier molecular flexibility index (Phi) is 7.04. The highest BCUT2D eigenvalue weighted by Crippen LogP contribution is 2.28. The maximum absolute atomic E-state index is 11.9. The van der Waals surface area contributed by atoms with Crippen LogP contribution in [-0.2, 0) is 0 Å². The first-order chi connectivity index (χ1) is 13.2. The second kappa shape index (κ2) is 9.91. The fraction of sp³-hybridized carbons (Fsp3) is 0.421. The van der Waals surface area contributed by atoms with E-state index in [-0.39, 0.29) is 18.1 Å². The smallest absolute Gasteiger partial charge is 0.321 e. The number of benzene rings is 1. The number of anilines is 1. The van der Waals surface area contributed by atoms with E-state index < -0.39 is 0 Å². The predicted octanol–water partition coefficient (Wildman–Crippen LogP) is 3.56. The first-order valence-corrected chi connectivity index (χ1v) is 10.1. The summed E-state index contributed by atoms with van der Waals surface area (Å²) in [5, 5.41) is 11.7. The number of nitrogens with zero attached hydrogens (tertiary/aromatic N) is 1. The molecule has 0 saturated heterocycles. The van der Waals surface area contributed by atoms with Crippen molar-refractivity contribution in [3.63, 3.8) is 0 Å². The van der Waals surface area contributed by atoms with Gasteiger partial charge in [-0.05, 0) is 18.4 Å². The number of aromatic nitrogens is 1. The highest BCUT2D eigenvalue weighted by Gasteiger charge is 2.15. The van der Waals surface area contributed by atoms with Crippen LogP contribution in [0.3, 0.4) is 0 Å². The van der Waals surface area contributed by atoms with Crippen molar-refractivity contribution in [1.29, 1.82) is 0 Å². The number of hydrogen-bond acceptors (Lipinski definition) is 4. The molecule has 0 spiro atoms. The van der Waals surface area contributed by atoms with Gasteiger partial charge < -0.3 is 16.0 Å². The zero-order valence-electron chi connectivity index (χ0n) is 15.2. The lowest BCUT2D eigenvalue weighted by Crippen LogP contribution is -2.45.